The molecule has 1 aromatic rings. The molecule has 0 unspecified atom stereocenters. The minimum absolute atomic E-state index is 0.0383. The van der Waals surface area contributed by atoms with E-state index in [1.165, 1.54) is 0 Å². The highest BCUT2D eigenvalue weighted by Crippen LogP contribution is 2.25. The number of methoxy groups -OCH3 is 1. The van der Waals surface area contributed by atoms with Crippen LogP contribution >= 0.6 is 0 Å². The molecule has 0 atom stereocenters. The first-order valence-electron chi connectivity index (χ1n) is 8.26. The molecule has 0 aromatic heterocycles. The number of rotatable bonds is 8. The van der Waals surface area contributed by atoms with Gasteiger partial charge < -0.3 is 15.0 Å². The van der Waals surface area contributed by atoms with Gasteiger partial charge in [0, 0.05) is 32.5 Å². The van der Waals surface area contributed by atoms with Crippen molar-refractivity contribution in [3.05, 3.63) is 29.8 Å². The molecule has 1 N–H and O–H groups in total. The molecule has 0 heterocycles. The van der Waals surface area contributed by atoms with Crippen molar-refractivity contribution in [3.63, 3.8) is 0 Å². The summed E-state index contributed by atoms with van der Waals surface area (Å²) in [6.45, 7) is 3.31. The number of benzene rings is 1. The molecule has 0 saturated heterocycles. The van der Waals surface area contributed by atoms with E-state index in [9.17, 15) is 9.59 Å². The van der Waals surface area contributed by atoms with Crippen molar-refractivity contribution in [2.75, 3.05) is 26.7 Å². The normalized spacial score (nSPS) is 14.0. The monoisotopic (exact) mass is 318 g/mol. The Morgan fingerprint density at radius 2 is 1.91 bits per heavy atom. The summed E-state index contributed by atoms with van der Waals surface area (Å²) in [4.78, 5) is 25.3. The third-order valence-electron chi connectivity index (χ3n) is 4.43. The fourth-order valence-corrected chi connectivity index (χ4v) is 2.61. The molecule has 1 aliphatic rings. The summed E-state index contributed by atoms with van der Waals surface area (Å²) >= 11 is 0. The quantitative estimate of drug-likeness (QED) is 0.797. The molecule has 1 fully saturated rings. The van der Waals surface area contributed by atoms with Crippen LogP contribution in [0.4, 0.5) is 0 Å². The number of hydrogen-bond acceptors (Lipinski definition) is 3. The van der Waals surface area contributed by atoms with Gasteiger partial charge in [-0.05, 0) is 37.0 Å². The van der Waals surface area contributed by atoms with E-state index in [0.717, 1.165) is 37.0 Å². The van der Waals surface area contributed by atoms with Crippen LogP contribution in [-0.2, 0) is 16.0 Å². The fourth-order valence-electron chi connectivity index (χ4n) is 2.61. The van der Waals surface area contributed by atoms with Crippen molar-refractivity contribution in [1.82, 2.24) is 10.2 Å². The summed E-state index contributed by atoms with van der Waals surface area (Å²) in [5.41, 5.74) is 1.16. The minimum atomic E-state index is 0.0383. The van der Waals surface area contributed by atoms with Gasteiger partial charge in [0.1, 0.15) is 5.75 Å². The van der Waals surface area contributed by atoms with Gasteiger partial charge in [0.2, 0.25) is 11.8 Å². The summed E-state index contributed by atoms with van der Waals surface area (Å²) in [6, 6.07) is 7.86. The van der Waals surface area contributed by atoms with Gasteiger partial charge in [-0.15, -0.1) is 0 Å². The molecule has 0 aliphatic heterocycles. The van der Waals surface area contributed by atoms with Crippen molar-refractivity contribution in [2.45, 2.75) is 32.6 Å². The Kier molecular flexibility index (Phi) is 6.44. The molecule has 5 nitrogen and oxygen atoms in total. The number of amides is 2. The average molecular weight is 318 g/mol. The van der Waals surface area contributed by atoms with E-state index in [1.807, 2.05) is 24.3 Å². The first kappa shape index (κ1) is 17.3. The Morgan fingerprint density at radius 1 is 1.22 bits per heavy atom. The highest BCUT2D eigenvalue weighted by atomic mass is 16.5. The van der Waals surface area contributed by atoms with Crippen molar-refractivity contribution in [1.29, 1.82) is 0 Å². The van der Waals surface area contributed by atoms with Crippen LogP contribution in [0.5, 0.6) is 5.75 Å². The third-order valence-corrected chi connectivity index (χ3v) is 4.43. The van der Waals surface area contributed by atoms with Crippen LogP contribution in [0.25, 0.3) is 0 Å². The summed E-state index contributed by atoms with van der Waals surface area (Å²) in [5, 5.41) is 2.93. The predicted molar refractivity (Wildman–Crippen MR) is 89.3 cm³/mol. The summed E-state index contributed by atoms with van der Waals surface area (Å²) < 4.78 is 5.14. The van der Waals surface area contributed by atoms with Crippen molar-refractivity contribution >= 4 is 11.8 Å². The number of carbonyl (C=O) groups is 2. The number of hydrogen-bond donors (Lipinski definition) is 1. The smallest absolute Gasteiger partial charge is 0.223 e. The van der Waals surface area contributed by atoms with Crippen molar-refractivity contribution < 1.29 is 14.3 Å². The molecule has 23 heavy (non-hydrogen) atoms. The molecule has 1 aliphatic carbocycles. The molecule has 1 aromatic carbocycles. The van der Waals surface area contributed by atoms with Crippen LogP contribution in [0.1, 0.15) is 31.7 Å². The van der Waals surface area contributed by atoms with Gasteiger partial charge in [0.15, 0.2) is 0 Å². The fraction of sp³-hybridized carbons (Fsp3) is 0.556. The highest BCUT2D eigenvalue weighted by molar-refractivity contribution is 5.79. The second-order valence-electron chi connectivity index (χ2n) is 6.02. The standard InChI is InChI=1S/C18H26N2O3/c1-14(21)20(13-11-19-18(22)16-4-3-5-16)12-10-15-6-8-17(23-2)9-7-15/h6-9,16H,3-5,10-13H2,1-2H3,(H,19,22). The average Bonchev–Trinajstić information content (AvgIpc) is 2.49. The molecule has 0 radical (unpaired) electrons. The maximum atomic E-state index is 11.8. The number of ether oxygens (including phenoxy) is 1. The van der Waals surface area contributed by atoms with Crippen molar-refractivity contribution in [3.8, 4) is 5.75 Å². The van der Waals surface area contributed by atoms with Crippen LogP contribution in [0, 0.1) is 5.92 Å². The van der Waals surface area contributed by atoms with Gasteiger partial charge in [-0.25, -0.2) is 0 Å². The lowest BCUT2D eigenvalue weighted by Crippen LogP contribution is -2.41. The van der Waals surface area contributed by atoms with Gasteiger partial charge in [0.25, 0.3) is 0 Å². The Morgan fingerprint density at radius 3 is 2.43 bits per heavy atom. The van der Waals surface area contributed by atoms with Gasteiger partial charge in [-0.1, -0.05) is 18.6 Å². The lowest BCUT2D eigenvalue weighted by Gasteiger charge is -2.25. The minimum Gasteiger partial charge on any atom is -0.497 e. The molecular weight excluding hydrogens is 292 g/mol. The van der Waals surface area contributed by atoms with E-state index in [4.69, 9.17) is 4.74 Å². The zero-order chi connectivity index (χ0) is 16.7. The molecule has 2 amide bonds. The number of nitrogens with one attached hydrogen (secondary N) is 1. The second-order valence-corrected chi connectivity index (χ2v) is 6.02. The molecular formula is C18H26N2O3. The summed E-state index contributed by atoms with van der Waals surface area (Å²) in [5.74, 6) is 1.20. The van der Waals surface area contributed by atoms with E-state index in [1.54, 1.807) is 18.9 Å². The zero-order valence-corrected chi connectivity index (χ0v) is 14.0. The molecule has 0 spiro atoms. The van der Waals surface area contributed by atoms with Gasteiger partial charge >= 0.3 is 0 Å². The van der Waals surface area contributed by atoms with Crippen LogP contribution in [0.15, 0.2) is 24.3 Å². The highest BCUT2D eigenvalue weighted by Gasteiger charge is 2.24. The molecule has 5 heteroatoms. The Bertz CT molecular complexity index is 524. The predicted octanol–water partition coefficient (Wildman–Crippen LogP) is 2.00. The zero-order valence-electron chi connectivity index (χ0n) is 14.0. The van der Waals surface area contributed by atoms with Crippen molar-refractivity contribution in [2.24, 2.45) is 5.92 Å². The maximum Gasteiger partial charge on any atom is 0.223 e. The van der Waals surface area contributed by atoms with Crippen LogP contribution in [0.2, 0.25) is 0 Å². The number of nitrogens with zero attached hydrogens (tertiary/aromatic N) is 1. The SMILES string of the molecule is COc1ccc(CCN(CCNC(=O)C2CCC2)C(C)=O)cc1. The van der Waals surface area contributed by atoms with E-state index in [0.29, 0.717) is 19.6 Å². The largest absolute Gasteiger partial charge is 0.497 e. The van der Waals surface area contributed by atoms with Crippen LogP contribution in [-0.4, -0.2) is 43.5 Å². The maximum absolute atomic E-state index is 11.8. The Hall–Kier alpha value is -2.04. The first-order valence-corrected chi connectivity index (χ1v) is 8.26. The lowest BCUT2D eigenvalue weighted by atomic mass is 9.85. The van der Waals surface area contributed by atoms with Crippen LogP contribution in [0.3, 0.4) is 0 Å². The lowest BCUT2D eigenvalue weighted by molar-refractivity contribution is -0.130. The third kappa shape index (κ3) is 5.27. The second kappa shape index (κ2) is 8.56. The van der Waals surface area contributed by atoms with Gasteiger partial charge in [-0.3, -0.25) is 9.59 Å². The molecule has 2 rings (SSSR count). The first-order chi connectivity index (χ1) is 11.1. The Labute approximate surface area is 138 Å². The summed E-state index contributed by atoms with van der Waals surface area (Å²) in [6.07, 6.45) is 3.94. The van der Waals surface area contributed by atoms with Gasteiger partial charge in [-0.2, -0.15) is 0 Å². The topological polar surface area (TPSA) is 58.6 Å². The van der Waals surface area contributed by atoms with E-state index >= 15 is 0 Å². The number of carbonyl (C=O) groups excluding carboxylic acids is 2. The van der Waals surface area contributed by atoms with E-state index in [2.05, 4.69) is 5.32 Å². The van der Waals surface area contributed by atoms with E-state index < -0.39 is 0 Å². The van der Waals surface area contributed by atoms with E-state index in [-0.39, 0.29) is 17.7 Å². The molecule has 0 bridgehead atoms. The Balaban J connectivity index is 1.74. The summed E-state index contributed by atoms with van der Waals surface area (Å²) in [7, 11) is 1.64. The van der Waals surface area contributed by atoms with Crippen LogP contribution < -0.4 is 10.1 Å². The van der Waals surface area contributed by atoms with Gasteiger partial charge in [0.05, 0.1) is 7.11 Å². The molecule has 1 saturated carbocycles. The molecule has 126 valence electrons.